The molecule has 0 saturated carbocycles. The molecule has 1 unspecified atom stereocenters. The highest BCUT2D eigenvalue weighted by Gasteiger charge is 2.46. The lowest BCUT2D eigenvalue weighted by atomic mass is 9.77. The van der Waals surface area contributed by atoms with Crippen LogP contribution in [0.3, 0.4) is 0 Å². The van der Waals surface area contributed by atoms with Crippen molar-refractivity contribution in [3.63, 3.8) is 0 Å². The first-order valence-corrected chi connectivity index (χ1v) is 30.2. The van der Waals surface area contributed by atoms with Gasteiger partial charge in [0.2, 0.25) is 5.69 Å². The maximum atomic E-state index is 12.7. The lowest BCUT2D eigenvalue weighted by Crippen LogP contribution is -2.59. The molecule has 3 aliphatic heterocycles. The van der Waals surface area contributed by atoms with Crippen LogP contribution in [-0.4, -0.2) is 170 Å². The van der Waals surface area contributed by atoms with Gasteiger partial charge in [-0.3, -0.25) is 18.5 Å². The van der Waals surface area contributed by atoms with Crippen molar-refractivity contribution in [3.8, 4) is 0 Å². The second-order valence-electron chi connectivity index (χ2n) is 19.2. The fraction of sp³-hybridized carbons (Fsp3) is 0.592. The van der Waals surface area contributed by atoms with Crippen molar-refractivity contribution in [2.75, 3.05) is 55.9 Å². The van der Waals surface area contributed by atoms with Gasteiger partial charge in [-0.05, 0) is 95.6 Å². The Kier molecular flexibility index (Phi) is 24.1. The van der Waals surface area contributed by atoms with Crippen LogP contribution in [0.2, 0.25) is 0 Å². The van der Waals surface area contributed by atoms with Gasteiger partial charge in [0.1, 0.15) is 36.7 Å². The molecule has 1 fully saturated rings. The number of hydrogen-bond donors (Lipinski definition) is 7. The van der Waals surface area contributed by atoms with Crippen LogP contribution in [0, 0.1) is 0 Å². The largest absolute Gasteiger partial charge is 0.425 e. The first kappa shape index (κ1) is 63.4. The van der Waals surface area contributed by atoms with Gasteiger partial charge in [-0.25, -0.2) is 0 Å². The number of aliphatic hydroxyl groups excluding tert-OH is 4. The summed E-state index contributed by atoms with van der Waals surface area (Å²) < 4.78 is 143. The van der Waals surface area contributed by atoms with Crippen LogP contribution in [0.25, 0.3) is 0 Å². The average Bonchev–Trinajstić information content (AvgIpc) is 3.68. The Morgan fingerprint density at radius 2 is 1.41 bits per heavy atom. The van der Waals surface area contributed by atoms with Gasteiger partial charge in [-0.15, -0.1) is 12.6 Å². The zero-order valence-corrected chi connectivity index (χ0v) is 45.5. The highest BCUT2D eigenvalue weighted by atomic mass is 32.2. The Morgan fingerprint density at radius 1 is 0.760 bits per heavy atom. The summed E-state index contributed by atoms with van der Waals surface area (Å²) >= 11 is 0. The molecule has 22 nitrogen and oxygen atoms in total. The number of unbranched alkanes of at least 4 members (excludes halogenated alkanes) is 4. The van der Waals surface area contributed by atoms with E-state index in [-0.39, 0.29) is 48.2 Å². The Hall–Kier alpha value is -4.13. The van der Waals surface area contributed by atoms with Gasteiger partial charge in [0, 0.05) is 66.9 Å². The van der Waals surface area contributed by atoms with Crippen molar-refractivity contribution in [1.82, 2.24) is 0 Å². The minimum Gasteiger partial charge on any atom is -0.394 e. The van der Waals surface area contributed by atoms with Crippen molar-refractivity contribution in [1.29, 1.82) is 0 Å². The highest BCUT2D eigenvalue weighted by molar-refractivity contribution is 7.86. The molecule has 3 heterocycles. The molecular formula is C49H71N2O20S4+. The van der Waals surface area contributed by atoms with Crippen molar-refractivity contribution >= 4 is 63.8 Å². The normalized spacial score (nSPS) is 23.2. The van der Waals surface area contributed by atoms with E-state index in [1.165, 1.54) is 12.1 Å². The molecule has 0 radical (unpaired) electrons. The standard InChI is InChI=1S/C49H70N2O17S3.O3S/c1-48(2)38-33-36(71(63,64)65)23-24-40(38)50(26-12-5-6-17-35(53)18-16-28-66-29-30-67-47-46(56)45(55)44(54)41(34-52)68-47)42(48)21-7-4-8-22-43-49(3,25-11-14-31-69(57,58)59)37-19-9-10-20-39(37)51(43)27-13-15-32-70(60,61)62;1-4(2)3/h4,7-10,19-24,33,41,44-47,52,54-56H,5-6,11-18,25-32,34H2,1-3H3,(H2-,57,58,59,60,61,62,63,64,65);/p+1/t41-,44-,45+,46+,47+,49?;/m1./s1. The molecule has 0 amide bonds. The number of anilines is 1. The molecule has 1 saturated heterocycles. The third kappa shape index (κ3) is 18.8. The highest BCUT2D eigenvalue weighted by Crippen LogP contribution is 2.51. The van der Waals surface area contributed by atoms with E-state index in [0.717, 1.165) is 34.8 Å². The quantitative estimate of drug-likeness (QED) is 0.0265. The van der Waals surface area contributed by atoms with E-state index >= 15 is 0 Å². The number of benzene rings is 2. The second kappa shape index (κ2) is 28.5. The number of fused-ring (bicyclic) bond motifs is 2. The van der Waals surface area contributed by atoms with Gasteiger partial charge in [0.25, 0.3) is 30.4 Å². The van der Waals surface area contributed by atoms with Crippen LogP contribution < -0.4 is 4.90 Å². The predicted molar refractivity (Wildman–Crippen MR) is 275 cm³/mol. The zero-order valence-electron chi connectivity index (χ0n) is 42.2. The van der Waals surface area contributed by atoms with E-state index in [1.54, 1.807) is 6.07 Å². The van der Waals surface area contributed by atoms with Crippen molar-refractivity contribution < 1.29 is 95.5 Å². The van der Waals surface area contributed by atoms with Crippen LogP contribution in [0.5, 0.6) is 0 Å². The molecule has 0 spiro atoms. The molecule has 5 rings (SSSR count). The number of hydrogen-bond acceptors (Lipinski definition) is 18. The SMILES string of the molecule is CC1(C)C(C=CC=CC=C2N(CCCCS(=O)(=O)O)c3ccccc3C2(C)CCCCS(=O)(=O)O)=[N+](CCCCCC(=O)CCCOCCO[C@H]2O[C@H](CO)[C@@H](O)[C@H](O)[C@@H]2O)c2ccc(S(=O)(=O)O)cc21.O=S(=O)=O. The van der Waals surface area contributed by atoms with Crippen molar-refractivity contribution in [2.45, 2.75) is 138 Å². The minimum atomic E-state index is -4.48. The lowest BCUT2D eigenvalue weighted by Gasteiger charge is -2.39. The van der Waals surface area contributed by atoms with E-state index in [1.807, 2.05) is 68.5 Å². The molecule has 2 aromatic rings. The summed E-state index contributed by atoms with van der Waals surface area (Å²) in [4.78, 5) is 14.6. The van der Waals surface area contributed by atoms with Crippen LogP contribution in [0.1, 0.15) is 103 Å². The molecule has 26 heteroatoms. The minimum absolute atomic E-state index is 0.00966. The van der Waals surface area contributed by atoms with E-state index in [4.69, 9.17) is 26.8 Å². The van der Waals surface area contributed by atoms with Crippen LogP contribution in [-0.2, 0) is 70.8 Å². The predicted octanol–water partition coefficient (Wildman–Crippen LogP) is 3.55. The summed E-state index contributed by atoms with van der Waals surface area (Å²) in [7, 11) is -15.9. The van der Waals surface area contributed by atoms with Crippen molar-refractivity contribution in [3.05, 3.63) is 89.7 Å². The number of ether oxygens (including phenoxy) is 3. The molecule has 75 heavy (non-hydrogen) atoms. The molecule has 0 aromatic heterocycles. The Morgan fingerprint density at radius 3 is 2.07 bits per heavy atom. The Labute approximate surface area is 440 Å². The average molecular weight is 1140 g/mol. The van der Waals surface area contributed by atoms with Crippen LogP contribution in [0.15, 0.2) is 83.4 Å². The molecule has 0 bridgehead atoms. The lowest BCUT2D eigenvalue weighted by molar-refractivity contribution is -0.438. The van der Waals surface area contributed by atoms with Crippen LogP contribution in [0.4, 0.5) is 11.4 Å². The molecule has 2 aromatic carbocycles. The Balaban J connectivity index is 0.00000293. The summed E-state index contributed by atoms with van der Waals surface area (Å²) in [5.74, 6) is -0.639. The van der Waals surface area contributed by atoms with Crippen LogP contribution >= 0.6 is 0 Å². The van der Waals surface area contributed by atoms with E-state index < -0.39 is 89.1 Å². The van der Waals surface area contributed by atoms with Gasteiger partial charge in [0.05, 0.1) is 41.6 Å². The first-order chi connectivity index (χ1) is 35.1. The summed E-state index contributed by atoms with van der Waals surface area (Å²) in [5.41, 5.74) is 3.99. The molecule has 420 valence electrons. The number of allylic oxidation sites excluding steroid dienone is 6. The van der Waals surface area contributed by atoms with E-state index in [2.05, 4.69) is 16.4 Å². The number of rotatable bonds is 29. The smallest absolute Gasteiger partial charge is 0.394 e. The topological polar surface area (TPSA) is 346 Å². The third-order valence-electron chi connectivity index (χ3n) is 13.3. The summed E-state index contributed by atoms with van der Waals surface area (Å²) in [5, 5.41) is 39.2. The number of para-hydroxylation sites is 1. The number of carbonyl (C=O) groups excluding carboxylic acids is 1. The maximum absolute atomic E-state index is 12.7. The van der Waals surface area contributed by atoms with Crippen molar-refractivity contribution in [2.24, 2.45) is 0 Å². The van der Waals surface area contributed by atoms with E-state index in [0.29, 0.717) is 76.6 Å². The zero-order chi connectivity index (χ0) is 55.8. The molecule has 3 aliphatic rings. The molecule has 7 N–H and O–H groups in total. The third-order valence-corrected chi connectivity index (χ3v) is 15.8. The van der Waals surface area contributed by atoms with E-state index in [9.17, 15) is 64.1 Å². The molecular weight excluding hydrogens is 1060 g/mol. The number of nitrogens with zero attached hydrogens (tertiary/aromatic N) is 2. The number of carbonyl (C=O) groups is 1. The first-order valence-electron chi connectivity index (χ1n) is 24.5. The van der Waals surface area contributed by atoms with Gasteiger partial charge in [0.15, 0.2) is 12.0 Å². The molecule has 6 atom stereocenters. The summed E-state index contributed by atoms with van der Waals surface area (Å²) in [6, 6.07) is 12.4. The van der Waals surface area contributed by atoms with Gasteiger partial charge < -0.3 is 39.5 Å². The Bertz CT molecular complexity index is 2840. The number of ketones is 1. The fourth-order valence-corrected chi connectivity index (χ4v) is 11.2. The summed E-state index contributed by atoms with van der Waals surface area (Å²) in [6.45, 7) is 6.91. The number of Topliss-reactive ketones (excluding diaryl/α,β-unsaturated/α-hetero) is 1. The van der Waals surface area contributed by atoms with Gasteiger partial charge >= 0.3 is 10.6 Å². The monoisotopic (exact) mass is 1140 g/mol. The van der Waals surface area contributed by atoms with Gasteiger partial charge in [-0.2, -0.15) is 29.8 Å². The van der Waals surface area contributed by atoms with Gasteiger partial charge in [-0.1, -0.05) is 42.8 Å². The molecule has 0 aliphatic carbocycles. The fourth-order valence-electron chi connectivity index (χ4n) is 9.55. The summed E-state index contributed by atoms with van der Waals surface area (Å²) in [6.07, 6.45) is 8.04. The number of aliphatic hydroxyl groups is 4. The second-order valence-corrected chi connectivity index (χ2v) is 24.2. The maximum Gasteiger partial charge on any atom is 0.425 e.